The summed E-state index contributed by atoms with van der Waals surface area (Å²) in [5.74, 6) is 0.265. The Hall–Kier alpha value is -0.860. The second-order valence-corrected chi connectivity index (χ2v) is 6.44. The van der Waals surface area contributed by atoms with Crippen molar-refractivity contribution in [2.45, 2.75) is 44.8 Å². The van der Waals surface area contributed by atoms with E-state index in [4.69, 9.17) is 16.3 Å². The summed E-state index contributed by atoms with van der Waals surface area (Å²) in [4.78, 5) is 12.5. The van der Waals surface area contributed by atoms with Crippen molar-refractivity contribution < 1.29 is 9.53 Å². The van der Waals surface area contributed by atoms with E-state index in [2.05, 4.69) is 0 Å². The Morgan fingerprint density at radius 3 is 2.56 bits per heavy atom. The second kappa shape index (κ2) is 3.82. The number of benzene rings is 1. The van der Waals surface area contributed by atoms with Crippen LogP contribution in [0.1, 0.15) is 44.8 Å². The lowest BCUT2D eigenvalue weighted by Gasteiger charge is -2.32. The minimum absolute atomic E-state index is 0.0677. The maximum absolute atomic E-state index is 12.5. The van der Waals surface area contributed by atoms with E-state index < -0.39 is 5.60 Å². The van der Waals surface area contributed by atoms with Crippen molar-refractivity contribution in [3.05, 3.63) is 34.9 Å². The number of rotatable bonds is 1. The first-order valence-corrected chi connectivity index (χ1v) is 6.82. The van der Waals surface area contributed by atoms with E-state index in [1.54, 1.807) is 0 Å². The Bertz CT molecular complexity index is 492. The molecule has 1 aliphatic carbocycles. The van der Waals surface area contributed by atoms with E-state index in [9.17, 15) is 4.79 Å². The van der Waals surface area contributed by atoms with E-state index in [1.807, 2.05) is 38.1 Å². The van der Waals surface area contributed by atoms with Gasteiger partial charge in [-0.25, -0.2) is 0 Å². The van der Waals surface area contributed by atoms with Gasteiger partial charge in [-0.1, -0.05) is 37.6 Å². The van der Waals surface area contributed by atoms with Crippen LogP contribution in [0, 0.1) is 5.41 Å². The monoisotopic (exact) mass is 264 g/mol. The van der Waals surface area contributed by atoms with E-state index in [-0.39, 0.29) is 17.3 Å². The minimum atomic E-state index is -0.546. The molecule has 3 rings (SSSR count). The summed E-state index contributed by atoms with van der Waals surface area (Å²) in [5.41, 5.74) is 0.264. The molecular formula is C15H17ClO2. The lowest BCUT2D eigenvalue weighted by molar-refractivity contribution is -0.135. The fourth-order valence-corrected chi connectivity index (χ4v) is 3.23. The van der Waals surface area contributed by atoms with Gasteiger partial charge in [0.25, 0.3) is 0 Å². The molecule has 1 heterocycles. The van der Waals surface area contributed by atoms with Crippen LogP contribution in [-0.4, -0.2) is 11.4 Å². The Morgan fingerprint density at radius 1 is 1.22 bits per heavy atom. The highest BCUT2D eigenvalue weighted by atomic mass is 35.5. The fraction of sp³-hybridized carbons (Fsp3) is 0.533. The lowest BCUT2D eigenvalue weighted by atomic mass is 9.69. The normalized spacial score (nSPS) is 33.7. The van der Waals surface area contributed by atoms with Gasteiger partial charge in [0.05, 0.1) is 0 Å². The molecule has 18 heavy (non-hydrogen) atoms. The molecule has 2 atom stereocenters. The largest absolute Gasteiger partial charge is 0.353 e. The van der Waals surface area contributed by atoms with Crippen molar-refractivity contribution >= 4 is 17.4 Å². The minimum Gasteiger partial charge on any atom is -0.353 e. The van der Waals surface area contributed by atoms with Crippen LogP contribution >= 0.6 is 11.6 Å². The molecule has 0 amide bonds. The Labute approximate surface area is 112 Å². The van der Waals surface area contributed by atoms with Gasteiger partial charge < -0.3 is 4.74 Å². The van der Waals surface area contributed by atoms with Crippen molar-refractivity contribution in [3.8, 4) is 0 Å². The quantitative estimate of drug-likeness (QED) is 0.720. The molecule has 2 aliphatic rings. The predicted molar refractivity (Wildman–Crippen MR) is 70.6 cm³/mol. The molecule has 1 aromatic rings. The topological polar surface area (TPSA) is 29.6 Å². The zero-order valence-electron chi connectivity index (χ0n) is 10.7. The van der Waals surface area contributed by atoms with E-state index in [1.165, 1.54) is 0 Å². The number of carbonyl (C=O) groups excluding carboxylic acids is 1. The summed E-state index contributed by atoms with van der Waals surface area (Å²) in [5, 5.41) is 0.712. The number of ether oxygens (including phenoxy) is 1. The fourth-order valence-electron chi connectivity index (χ4n) is 3.11. The number of Topliss-reactive ketones (excluding diaryl/α,β-unsaturated/α-hetero) is 1. The molecule has 96 valence electrons. The molecule has 1 aliphatic heterocycles. The van der Waals surface area contributed by atoms with Crippen LogP contribution < -0.4 is 0 Å². The molecule has 0 aromatic heterocycles. The molecule has 1 saturated heterocycles. The van der Waals surface area contributed by atoms with E-state index in [0.29, 0.717) is 5.02 Å². The van der Waals surface area contributed by atoms with E-state index in [0.717, 1.165) is 24.8 Å². The standard InChI is InChI=1S/C15H17ClO2/c1-14(2)8-3-9-15(13(14)17)12(18-15)10-4-6-11(16)7-5-10/h4-7,12H,3,8-9H2,1-2H3/t12-,15-/m0/s1. The zero-order valence-corrected chi connectivity index (χ0v) is 11.5. The molecular weight excluding hydrogens is 248 g/mol. The number of ketones is 1. The molecule has 2 nitrogen and oxygen atoms in total. The summed E-state index contributed by atoms with van der Waals surface area (Å²) in [7, 11) is 0. The zero-order chi connectivity index (χ0) is 13.0. The van der Waals surface area contributed by atoms with Gasteiger partial charge in [0.15, 0.2) is 11.4 Å². The van der Waals surface area contributed by atoms with Crippen LogP contribution in [-0.2, 0) is 9.53 Å². The van der Waals surface area contributed by atoms with Crippen molar-refractivity contribution in [1.82, 2.24) is 0 Å². The average molecular weight is 265 g/mol. The van der Waals surface area contributed by atoms with Crippen LogP contribution in [0.25, 0.3) is 0 Å². The number of hydrogen-bond acceptors (Lipinski definition) is 2. The third-order valence-corrected chi connectivity index (χ3v) is 4.47. The van der Waals surface area contributed by atoms with Gasteiger partial charge in [0.2, 0.25) is 0 Å². The first-order chi connectivity index (χ1) is 8.46. The van der Waals surface area contributed by atoms with Crippen molar-refractivity contribution in [2.24, 2.45) is 5.41 Å². The number of hydrogen-bond donors (Lipinski definition) is 0. The Balaban J connectivity index is 1.87. The molecule has 1 saturated carbocycles. The SMILES string of the molecule is CC1(C)CCC[C@@]2(O[C@H]2c2ccc(Cl)cc2)C1=O. The Kier molecular flexibility index (Phi) is 2.58. The maximum Gasteiger partial charge on any atom is 0.173 e. The highest BCUT2D eigenvalue weighted by Gasteiger charge is 2.66. The number of carbonyl (C=O) groups is 1. The van der Waals surface area contributed by atoms with Crippen LogP contribution in [0.2, 0.25) is 5.02 Å². The lowest BCUT2D eigenvalue weighted by Crippen LogP contribution is -2.41. The van der Waals surface area contributed by atoms with Crippen LogP contribution in [0.4, 0.5) is 0 Å². The predicted octanol–water partition coefficient (Wildman–Crippen LogP) is 3.93. The second-order valence-electron chi connectivity index (χ2n) is 6.01. The summed E-state index contributed by atoms with van der Waals surface area (Å²) < 4.78 is 5.83. The van der Waals surface area contributed by atoms with E-state index >= 15 is 0 Å². The number of halogens is 1. The van der Waals surface area contributed by atoms with Crippen LogP contribution in [0.5, 0.6) is 0 Å². The smallest absolute Gasteiger partial charge is 0.173 e. The molecule has 0 unspecified atom stereocenters. The van der Waals surface area contributed by atoms with Gasteiger partial charge in [-0.2, -0.15) is 0 Å². The molecule has 3 heteroatoms. The first kappa shape index (κ1) is 12.2. The number of epoxide rings is 1. The maximum atomic E-state index is 12.5. The molecule has 1 aromatic carbocycles. The van der Waals surface area contributed by atoms with Gasteiger partial charge >= 0.3 is 0 Å². The molecule has 1 spiro atoms. The third-order valence-electron chi connectivity index (χ3n) is 4.22. The Morgan fingerprint density at radius 2 is 1.89 bits per heavy atom. The summed E-state index contributed by atoms with van der Waals surface area (Å²) in [6.45, 7) is 4.05. The highest BCUT2D eigenvalue weighted by molar-refractivity contribution is 6.30. The van der Waals surface area contributed by atoms with Gasteiger partial charge in [0.1, 0.15) is 6.10 Å². The van der Waals surface area contributed by atoms with Gasteiger partial charge in [-0.3, -0.25) is 4.79 Å². The third kappa shape index (κ3) is 1.70. The molecule has 0 radical (unpaired) electrons. The summed E-state index contributed by atoms with van der Waals surface area (Å²) in [6.07, 6.45) is 2.80. The van der Waals surface area contributed by atoms with Crippen molar-refractivity contribution in [3.63, 3.8) is 0 Å². The first-order valence-electron chi connectivity index (χ1n) is 6.44. The van der Waals surface area contributed by atoms with Crippen molar-refractivity contribution in [2.75, 3.05) is 0 Å². The molecule has 2 fully saturated rings. The molecule has 0 bridgehead atoms. The van der Waals surface area contributed by atoms with Gasteiger partial charge in [-0.15, -0.1) is 0 Å². The summed E-state index contributed by atoms with van der Waals surface area (Å²) in [6, 6.07) is 7.61. The highest BCUT2D eigenvalue weighted by Crippen LogP contribution is 2.59. The molecule has 0 N–H and O–H groups in total. The average Bonchev–Trinajstić information content (AvgIpc) is 3.03. The van der Waals surface area contributed by atoms with Crippen LogP contribution in [0.3, 0.4) is 0 Å². The summed E-state index contributed by atoms with van der Waals surface area (Å²) >= 11 is 5.88. The van der Waals surface area contributed by atoms with Crippen molar-refractivity contribution in [1.29, 1.82) is 0 Å². The van der Waals surface area contributed by atoms with Gasteiger partial charge in [0, 0.05) is 10.4 Å². The van der Waals surface area contributed by atoms with Gasteiger partial charge in [-0.05, 0) is 37.0 Å². The van der Waals surface area contributed by atoms with Crippen LogP contribution in [0.15, 0.2) is 24.3 Å².